The zero-order chi connectivity index (χ0) is 38.2. The van der Waals surface area contributed by atoms with Crippen LogP contribution in [0.2, 0.25) is 0 Å². The minimum atomic E-state index is -0.306. The van der Waals surface area contributed by atoms with Crippen LogP contribution in [0, 0.1) is 11.8 Å². The highest BCUT2D eigenvalue weighted by molar-refractivity contribution is 5.85. The molecule has 3 unspecified atom stereocenters. The molecule has 3 heteroatoms. The topological polar surface area (TPSA) is 21.1 Å². The van der Waals surface area contributed by atoms with Crippen molar-refractivity contribution in [2.24, 2.45) is 11.8 Å². The Hall–Kier alpha value is -5.93. The molecule has 0 fully saturated rings. The van der Waals surface area contributed by atoms with Crippen LogP contribution in [0.5, 0.6) is 0 Å². The van der Waals surface area contributed by atoms with Gasteiger partial charge in [-0.15, -0.1) is 0 Å². The first kappa shape index (κ1) is 34.6. The Bertz CT molecular complexity index is 2630. The zero-order valence-electron chi connectivity index (χ0n) is 33.1. The molecule has 2 aromatic heterocycles. The number of pyridine rings is 1. The van der Waals surface area contributed by atoms with E-state index in [-0.39, 0.29) is 11.0 Å². The third-order valence-electron chi connectivity index (χ3n) is 13.0. The fourth-order valence-corrected chi connectivity index (χ4v) is 10.1. The third kappa shape index (κ3) is 5.51. The molecule has 10 rings (SSSR count). The van der Waals surface area contributed by atoms with Gasteiger partial charge in [-0.05, 0) is 126 Å². The second kappa shape index (κ2) is 13.1. The van der Waals surface area contributed by atoms with Crippen LogP contribution in [-0.2, 0) is 18.3 Å². The number of hydrogen-bond acceptors (Lipinski definition) is 2. The van der Waals surface area contributed by atoms with Crippen molar-refractivity contribution in [3.05, 3.63) is 191 Å². The van der Waals surface area contributed by atoms with Gasteiger partial charge in [0.1, 0.15) is 0 Å². The van der Waals surface area contributed by atoms with Crippen LogP contribution < -0.4 is 4.90 Å². The maximum atomic E-state index is 4.45. The number of fused-ring (bicyclic) bond motifs is 6. The van der Waals surface area contributed by atoms with Crippen LogP contribution in [0.3, 0.4) is 0 Å². The van der Waals surface area contributed by atoms with Crippen LogP contribution in [0.25, 0.3) is 40.1 Å². The van der Waals surface area contributed by atoms with Gasteiger partial charge in [0.05, 0.1) is 5.54 Å². The lowest BCUT2D eigenvalue weighted by atomic mass is 9.78. The molecule has 2 heterocycles. The largest absolute Gasteiger partial charge is 0.332 e. The Balaban J connectivity index is 1.06. The van der Waals surface area contributed by atoms with E-state index in [1.165, 1.54) is 78.5 Å². The summed E-state index contributed by atoms with van der Waals surface area (Å²) < 4.78 is 2.57. The smallest absolute Gasteiger partial charge is 0.0643 e. The number of benzene rings is 4. The summed E-state index contributed by atoms with van der Waals surface area (Å²) in [4.78, 5) is 7.02. The van der Waals surface area contributed by atoms with E-state index in [4.69, 9.17) is 0 Å². The predicted octanol–water partition coefficient (Wildman–Crippen LogP) is 13.1. The SMILES string of the molecule is CC1C=Cc2c3c(n(-c4ccccc4)c2C1)CC(C)C(C1=CCC(C)(N(c2cccc(-c4cccnc4)c2)c2ccc4c(c2)C(C)(C)c2ccccc2-4)C=C1)=C3. The van der Waals surface area contributed by atoms with Gasteiger partial charge in [-0.1, -0.05) is 125 Å². The van der Waals surface area contributed by atoms with Crippen molar-refractivity contribution in [2.75, 3.05) is 4.90 Å². The van der Waals surface area contributed by atoms with Crippen LogP contribution in [-0.4, -0.2) is 15.1 Å². The number of rotatable bonds is 6. The summed E-state index contributed by atoms with van der Waals surface area (Å²) in [6.45, 7) is 11.9. The van der Waals surface area contributed by atoms with Gasteiger partial charge in [0.2, 0.25) is 0 Å². The molecule has 0 saturated heterocycles. The van der Waals surface area contributed by atoms with Gasteiger partial charge >= 0.3 is 0 Å². The molecular weight excluding hydrogens is 679 g/mol. The predicted molar refractivity (Wildman–Crippen MR) is 235 cm³/mol. The second-order valence-electron chi connectivity index (χ2n) is 17.2. The maximum absolute atomic E-state index is 4.45. The number of hydrogen-bond donors (Lipinski definition) is 0. The normalized spacial score (nSPS) is 21.4. The molecule has 6 aromatic rings. The molecule has 3 nitrogen and oxygen atoms in total. The van der Waals surface area contributed by atoms with Crippen molar-refractivity contribution in [1.29, 1.82) is 0 Å². The summed E-state index contributed by atoms with van der Waals surface area (Å²) in [5, 5.41) is 0. The summed E-state index contributed by atoms with van der Waals surface area (Å²) in [6.07, 6.45) is 21.5. The lowest BCUT2D eigenvalue weighted by Gasteiger charge is -2.43. The summed E-state index contributed by atoms with van der Waals surface area (Å²) >= 11 is 0. The lowest BCUT2D eigenvalue weighted by Crippen LogP contribution is -2.42. The molecule has 4 aliphatic carbocycles. The number of nitrogens with zero attached hydrogens (tertiary/aromatic N) is 3. The van der Waals surface area contributed by atoms with Crippen LogP contribution >= 0.6 is 0 Å². The van der Waals surface area contributed by atoms with E-state index in [0.717, 1.165) is 24.8 Å². The zero-order valence-corrected chi connectivity index (χ0v) is 33.1. The van der Waals surface area contributed by atoms with Gasteiger partial charge in [-0.3, -0.25) is 4.98 Å². The van der Waals surface area contributed by atoms with E-state index in [9.17, 15) is 0 Å². The van der Waals surface area contributed by atoms with E-state index >= 15 is 0 Å². The van der Waals surface area contributed by atoms with Crippen LogP contribution in [0.15, 0.2) is 157 Å². The second-order valence-corrected chi connectivity index (χ2v) is 17.2. The average molecular weight is 728 g/mol. The number of para-hydroxylation sites is 1. The van der Waals surface area contributed by atoms with E-state index in [1.807, 2.05) is 18.5 Å². The van der Waals surface area contributed by atoms with E-state index in [0.29, 0.717) is 11.8 Å². The van der Waals surface area contributed by atoms with Gasteiger partial charge in [0, 0.05) is 62.9 Å². The van der Waals surface area contributed by atoms with Crippen LogP contribution in [0.1, 0.15) is 74.7 Å². The van der Waals surface area contributed by atoms with Crippen molar-refractivity contribution in [3.63, 3.8) is 0 Å². The molecule has 0 aliphatic heterocycles. The van der Waals surface area contributed by atoms with Gasteiger partial charge in [0.15, 0.2) is 0 Å². The van der Waals surface area contributed by atoms with Crippen molar-refractivity contribution in [3.8, 4) is 27.9 Å². The standard InChI is InChI=1S/C53H49N3/c1-35-20-22-45-47-33-46(36(2)30-51(47)55(50(45)29-35)40-15-7-6-8-16-40)37-24-26-53(5,27-25-37)56(41-17-11-13-38(31-41)39-14-12-28-54-34-39)42-21-23-44-43-18-9-10-19-48(43)52(3,4)49(44)32-42/h6-26,28,31-36H,27,29-30H2,1-5H3. The molecule has 4 aromatic carbocycles. The fourth-order valence-electron chi connectivity index (χ4n) is 10.1. The molecule has 3 atom stereocenters. The fraction of sp³-hybridized carbons (Fsp3) is 0.226. The van der Waals surface area contributed by atoms with Crippen molar-refractivity contribution >= 4 is 23.5 Å². The number of aromatic nitrogens is 2. The van der Waals surface area contributed by atoms with Crippen molar-refractivity contribution in [1.82, 2.24) is 9.55 Å². The van der Waals surface area contributed by atoms with Gasteiger partial charge in [-0.2, -0.15) is 0 Å². The minimum Gasteiger partial charge on any atom is -0.332 e. The van der Waals surface area contributed by atoms with Gasteiger partial charge in [0.25, 0.3) is 0 Å². The quantitative estimate of drug-likeness (QED) is 0.170. The summed E-state index contributed by atoms with van der Waals surface area (Å²) in [5.74, 6) is 0.930. The van der Waals surface area contributed by atoms with Gasteiger partial charge in [-0.25, -0.2) is 0 Å². The van der Waals surface area contributed by atoms with Crippen LogP contribution in [0.4, 0.5) is 11.4 Å². The molecule has 0 N–H and O–H groups in total. The maximum Gasteiger partial charge on any atom is 0.0643 e. The Morgan fingerprint density at radius 2 is 1.46 bits per heavy atom. The molecule has 0 spiro atoms. The number of allylic oxidation sites excluding steroid dienone is 4. The monoisotopic (exact) mass is 727 g/mol. The molecule has 56 heavy (non-hydrogen) atoms. The highest BCUT2D eigenvalue weighted by Crippen LogP contribution is 2.51. The van der Waals surface area contributed by atoms with Gasteiger partial charge < -0.3 is 9.47 Å². The molecule has 0 amide bonds. The summed E-state index contributed by atoms with van der Waals surface area (Å²) in [7, 11) is 0. The summed E-state index contributed by atoms with van der Waals surface area (Å²) in [6, 6.07) is 40.2. The highest BCUT2D eigenvalue weighted by Gasteiger charge is 2.39. The molecule has 276 valence electrons. The molecule has 0 radical (unpaired) electrons. The third-order valence-corrected chi connectivity index (χ3v) is 13.0. The van der Waals surface area contributed by atoms with Crippen molar-refractivity contribution in [2.45, 2.75) is 64.8 Å². The van der Waals surface area contributed by atoms with E-state index in [2.05, 4.69) is 189 Å². The van der Waals surface area contributed by atoms with Crippen molar-refractivity contribution < 1.29 is 0 Å². The molecule has 4 aliphatic rings. The summed E-state index contributed by atoms with van der Waals surface area (Å²) in [5.41, 5.74) is 19.5. The Morgan fingerprint density at radius 3 is 2.27 bits per heavy atom. The Labute approximate surface area is 332 Å². The van der Waals surface area contributed by atoms with E-state index < -0.39 is 0 Å². The average Bonchev–Trinajstić information content (AvgIpc) is 3.65. The first-order chi connectivity index (χ1) is 27.2. The molecule has 0 bridgehead atoms. The first-order valence-corrected chi connectivity index (χ1v) is 20.4. The minimum absolute atomic E-state index is 0.0874. The Morgan fingerprint density at radius 1 is 0.696 bits per heavy atom. The molecular formula is C53H49N3. The lowest BCUT2D eigenvalue weighted by molar-refractivity contribution is 0.564. The number of anilines is 2. The Kier molecular flexibility index (Phi) is 8.08. The first-order valence-electron chi connectivity index (χ1n) is 20.4. The highest BCUT2D eigenvalue weighted by atomic mass is 15.2. The van der Waals surface area contributed by atoms with E-state index in [1.54, 1.807) is 0 Å². The molecule has 0 saturated carbocycles.